The zero-order valence-corrected chi connectivity index (χ0v) is 8.25. The average molecular weight is 219 g/mol. The lowest BCUT2D eigenvalue weighted by Gasteiger charge is -1.99. The van der Waals surface area contributed by atoms with Crippen LogP contribution in [0, 0.1) is 0 Å². The van der Waals surface area contributed by atoms with Gasteiger partial charge in [0.05, 0.1) is 12.6 Å². The zero-order valence-electron chi connectivity index (χ0n) is 8.25. The summed E-state index contributed by atoms with van der Waals surface area (Å²) >= 11 is 0. The molecule has 0 aliphatic carbocycles. The van der Waals surface area contributed by atoms with E-state index in [2.05, 4.69) is 4.98 Å². The van der Waals surface area contributed by atoms with Crippen LogP contribution in [0.3, 0.4) is 0 Å². The van der Waals surface area contributed by atoms with E-state index in [1.807, 2.05) is 0 Å². The van der Waals surface area contributed by atoms with Crippen LogP contribution < -0.4 is 0 Å². The Balaban J connectivity index is 2.21. The molecule has 0 atom stereocenters. The first-order chi connectivity index (χ1) is 7.66. The fourth-order valence-corrected chi connectivity index (χ4v) is 1.31. The monoisotopic (exact) mass is 219 g/mol. The second-order valence-corrected chi connectivity index (χ2v) is 3.23. The zero-order chi connectivity index (χ0) is 11.5. The first-order valence-corrected chi connectivity index (χ1v) is 4.61. The van der Waals surface area contributed by atoms with E-state index in [1.54, 1.807) is 24.3 Å². The predicted octanol–water partition coefficient (Wildman–Crippen LogP) is 1.67. The molecule has 2 N–H and O–H groups in total. The molecule has 0 amide bonds. The van der Waals surface area contributed by atoms with Gasteiger partial charge in [0.25, 0.3) is 0 Å². The van der Waals surface area contributed by atoms with E-state index >= 15 is 0 Å². The Morgan fingerprint density at radius 2 is 2.12 bits per heavy atom. The number of phenolic OH excluding ortho intramolecular Hbond substituents is 1. The van der Waals surface area contributed by atoms with Crippen LogP contribution in [0.1, 0.15) is 22.0 Å². The van der Waals surface area contributed by atoms with E-state index in [-0.39, 0.29) is 23.8 Å². The van der Waals surface area contributed by atoms with Crippen molar-refractivity contribution >= 4 is 5.97 Å². The molecule has 2 aromatic rings. The first-order valence-electron chi connectivity index (χ1n) is 4.61. The van der Waals surface area contributed by atoms with Crippen molar-refractivity contribution in [2.24, 2.45) is 0 Å². The molecule has 16 heavy (non-hydrogen) atoms. The Morgan fingerprint density at radius 1 is 1.38 bits per heavy atom. The highest BCUT2D eigenvalue weighted by molar-refractivity contribution is 5.83. The maximum Gasteiger partial charge on any atom is 0.373 e. The van der Waals surface area contributed by atoms with E-state index in [0.717, 1.165) is 6.20 Å². The summed E-state index contributed by atoms with van der Waals surface area (Å²) in [6.07, 6.45) is 1.41. The van der Waals surface area contributed by atoms with E-state index < -0.39 is 5.97 Å². The molecule has 0 fully saturated rings. The lowest BCUT2D eigenvalue weighted by Crippen LogP contribution is -1.92. The van der Waals surface area contributed by atoms with Crippen LogP contribution in [0.2, 0.25) is 0 Å². The lowest BCUT2D eigenvalue weighted by atomic mass is 10.1. The Morgan fingerprint density at radius 3 is 2.75 bits per heavy atom. The molecule has 0 unspecified atom stereocenters. The van der Waals surface area contributed by atoms with E-state index in [9.17, 15) is 9.90 Å². The van der Waals surface area contributed by atoms with Gasteiger partial charge in [-0.1, -0.05) is 18.2 Å². The van der Waals surface area contributed by atoms with Crippen LogP contribution in [0.4, 0.5) is 0 Å². The number of carboxylic acids is 1. The smallest absolute Gasteiger partial charge is 0.373 e. The molecule has 5 nitrogen and oxygen atoms in total. The van der Waals surface area contributed by atoms with Crippen LogP contribution in [-0.2, 0) is 6.42 Å². The average Bonchev–Trinajstić information content (AvgIpc) is 2.70. The normalized spacial score (nSPS) is 10.2. The molecule has 0 bridgehead atoms. The third-order valence-corrected chi connectivity index (χ3v) is 2.10. The van der Waals surface area contributed by atoms with Gasteiger partial charge >= 0.3 is 5.97 Å². The van der Waals surface area contributed by atoms with Gasteiger partial charge in [-0.2, -0.15) is 0 Å². The van der Waals surface area contributed by atoms with Gasteiger partial charge in [-0.05, 0) is 6.07 Å². The lowest BCUT2D eigenvalue weighted by molar-refractivity contribution is 0.0660. The first kappa shape index (κ1) is 10.2. The molecular weight excluding hydrogens is 210 g/mol. The van der Waals surface area contributed by atoms with Gasteiger partial charge < -0.3 is 14.6 Å². The van der Waals surface area contributed by atoms with Crippen LogP contribution in [0.15, 0.2) is 34.9 Å². The number of benzene rings is 1. The molecule has 0 saturated heterocycles. The van der Waals surface area contributed by atoms with Gasteiger partial charge in [-0.3, -0.25) is 0 Å². The van der Waals surface area contributed by atoms with Crippen molar-refractivity contribution < 1.29 is 19.4 Å². The summed E-state index contributed by atoms with van der Waals surface area (Å²) < 4.78 is 4.98. The van der Waals surface area contributed by atoms with Gasteiger partial charge in [0.2, 0.25) is 5.76 Å². The van der Waals surface area contributed by atoms with Crippen LogP contribution in [0.25, 0.3) is 0 Å². The summed E-state index contributed by atoms with van der Waals surface area (Å²) in [6.45, 7) is 0. The van der Waals surface area contributed by atoms with Crippen LogP contribution in [-0.4, -0.2) is 21.2 Å². The van der Waals surface area contributed by atoms with Crippen molar-refractivity contribution in [3.8, 4) is 5.75 Å². The number of oxazole rings is 1. The summed E-state index contributed by atoms with van der Waals surface area (Å²) in [5.41, 5.74) is 0.640. The number of aromatic nitrogens is 1. The molecular formula is C11H9NO4. The fourth-order valence-electron chi connectivity index (χ4n) is 1.31. The van der Waals surface area contributed by atoms with Crippen molar-refractivity contribution in [1.29, 1.82) is 0 Å². The Hall–Kier alpha value is -2.30. The van der Waals surface area contributed by atoms with E-state index in [0.29, 0.717) is 5.56 Å². The molecule has 1 aromatic heterocycles. The Bertz CT molecular complexity index is 518. The van der Waals surface area contributed by atoms with Crippen LogP contribution in [0.5, 0.6) is 5.75 Å². The van der Waals surface area contributed by atoms with Gasteiger partial charge in [0.1, 0.15) is 5.75 Å². The number of nitrogens with zero attached hydrogens (tertiary/aromatic N) is 1. The Kier molecular flexibility index (Phi) is 2.59. The van der Waals surface area contributed by atoms with Crippen molar-refractivity contribution in [3.05, 3.63) is 47.7 Å². The topological polar surface area (TPSA) is 83.6 Å². The van der Waals surface area contributed by atoms with Crippen molar-refractivity contribution in [1.82, 2.24) is 4.98 Å². The third-order valence-electron chi connectivity index (χ3n) is 2.10. The van der Waals surface area contributed by atoms with Crippen molar-refractivity contribution in [2.75, 3.05) is 0 Å². The summed E-state index contributed by atoms with van der Waals surface area (Å²) in [4.78, 5) is 14.4. The molecule has 0 spiro atoms. The molecule has 2 rings (SSSR count). The number of aromatic hydroxyl groups is 1. The molecule has 82 valence electrons. The fraction of sp³-hybridized carbons (Fsp3) is 0.0909. The second kappa shape index (κ2) is 4.06. The number of carbonyl (C=O) groups is 1. The quantitative estimate of drug-likeness (QED) is 0.820. The minimum Gasteiger partial charge on any atom is -0.508 e. The standard InChI is InChI=1S/C11H9NO4/c13-8-4-2-1-3-7(8)5-10-12-6-9(16-10)11(14)15/h1-4,6,13H,5H2,(H,14,15). The number of carboxylic acid groups (broad SMARTS) is 1. The molecule has 0 radical (unpaired) electrons. The van der Waals surface area contributed by atoms with E-state index in [4.69, 9.17) is 9.52 Å². The number of hydrogen-bond acceptors (Lipinski definition) is 4. The number of para-hydroxylation sites is 1. The summed E-state index contributed by atoms with van der Waals surface area (Å²) in [5, 5.41) is 18.1. The van der Waals surface area contributed by atoms with Gasteiger partial charge in [0.15, 0.2) is 5.89 Å². The maximum absolute atomic E-state index is 10.6. The Labute approximate surface area is 91.0 Å². The minimum absolute atomic E-state index is 0.137. The van der Waals surface area contributed by atoms with Gasteiger partial charge in [-0.25, -0.2) is 9.78 Å². The molecule has 1 aromatic carbocycles. The summed E-state index contributed by atoms with van der Waals surface area (Å²) in [6, 6.07) is 6.75. The highest BCUT2D eigenvalue weighted by atomic mass is 16.4. The maximum atomic E-state index is 10.6. The van der Waals surface area contributed by atoms with Gasteiger partial charge in [-0.15, -0.1) is 0 Å². The van der Waals surface area contributed by atoms with Gasteiger partial charge in [0, 0.05) is 5.56 Å². The summed E-state index contributed by atoms with van der Waals surface area (Å²) in [7, 11) is 0. The number of hydrogen-bond donors (Lipinski definition) is 2. The largest absolute Gasteiger partial charge is 0.508 e. The number of phenols is 1. The second-order valence-electron chi connectivity index (χ2n) is 3.23. The molecule has 1 heterocycles. The third kappa shape index (κ3) is 2.03. The highest BCUT2D eigenvalue weighted by Crippen LogP contribution is 2.19. The summed E-state index contributed by atoms with van der Waals surface area (Å²) in [5.74, 6) is -0.960. The minimum atomic E-state index is -1.16. The molecule has 0 aliphatic rings. The van der Waals surface area contributed by atoms with Crippen LogP contribution >= 0.6 is 0 Å². The predicted molar refractivity (Wildman–Crippen MR) is 54.4 cm³/mol. The van der Waals surface area contributed by atoms with Crippen molar-refractivity contribution in [2.45, 2.75) is 6.42 Å². The molecule has 0 aliphatic heterocycles. The number of rotatable bonds is 3. The molecule has 0 saturated carbocycles. The van der Waals surface area contributed by atoms with E-state index in [1.165, 1.54) is 0 Å². The SMILES string of the molecule is O=C(O)c1cnc(Cc2ccccc2O)o1. The molecule has 5 heteroatoms. The van der Waals surface area contributed by atoms with Crippen molar-refractivity contribution in [3.63, 3.8) is 0 Å². The number of aromatic carboxylic acids is 1. The highest BCUT2D eigenvalue weighted by Gasteiger charge is 2.11.